The van der Waals surface area contributed by atoms with Crippen LogP contribution < -0.4 is 10.2 Å². The number of para-hydroxylation sites is 2. The molecule has 2 aromatic carbocycles. The quantitative estimate of drug-likeness (QED) is 0.898. The SMILES string of the molecule is C[C@@H](SCc1ccc(Cl)cc1)C(=O)N1CC(=O)Nc2ccccc21. The van der Waals surface area contributed by atoms with Crippen molar-refractivity contribution in [2.45, 2.75) is 17.9 Å². The number of thioether (sulfide) groups is 1. The Morgan fingerprint density at radius 3 is 2.71 bits per heavy atom. The summed E-state index contributed by atoms with van der Waals surface area (Å²) < 4.78 is 0. The highest BCUT2D eigenvalue weighted by Crippen LogP contribution is 2.31. The normalized spacial score (nSPS) is 14.8. The van der Waals surface area contributed by atoms with E-state index in [1.165, 1.54) is 0 Å². The van der Waals surface area contributed by atoms with E-state index >= 15 is 0 Å². The van der Waals surface area contributed by atoms with E-state index in [0.717, 1.165) is 11.3 Å². The molecule has 1 heterocycles. The third kappa shape index (κ3) is 3.74. The molecule has 3 rings (SSSR count). The summed E-state index contributed by atoms with van der Waals surface area (Å²) in [4.78, 5) is 26.2. The number of nitrogens with zero attached hydrogens (tertiary/aromatic N) is 1. The zero-order valence-corrected chi connectivity index (χ0v) is 14.7. The van der Waals surface area contributed by atoms with Gasteiger partial charge in [0.2, 0.25) is 11.8 Å². The van der Waals surface area contributed by atoms with Gasteiger partial charge in [0.05, 0.1) is 16.6 Å². The van der Waals surface area contributed by atoms with Crippen LogP contribution in [0.15, 0.2) is 48.5 Å². The minimum absolute atomic E-state index is 0.0572. The Morgan fingerprint density at radius 2 is 1.96 bits per heavy atom. The lowest BCUT2D eigenvalue weighted by Gasteiger charge is -2.30. The number of amides is 2. The fourth-order valence-electron chi connectivity index (χ4n) is 2.52. The van der Waals surface area contributed by atoms with E-state index in [9.17, 15) is 9.59 Å². The number of rotatable bonds is 4. The highest BCUT2D eigenvalue weighted by molar-refractivity contribution is 7.99. The zero-order valence-electron chi connectivity index (χ0n) is 13.2. The number of carbonyl (C=O) groups excluding carboxylic acids is 2. The smallest absolute Gasteiger partial charge is 0.244 e. The van der Waals surface area contributed by atoms with Gasteiger partial charge in [-0.3, -0.25) is 14.5 Å². The molecule has 0 fully saturated rings. The van der Waals surface area contributed by atoms with Gasteiger partial charge < -0.3 is 5.32 Å². The molecule has 0 aliphatic carbocycles. The summed E-state index contributed by atoms with van der Waals surface area (Å²) in [6.45, 7) is 1.93. The first kappa shape index (κ1) is 16.9. The highest BCUT2D eigenvalue weighted by Gasteiger charge is 2.29. The molecule has 0 aromatic heterocycles. The molecule has 1 aliphatic rings. The lowest BCUT2D eigenvalue weighted by Crippen LogP contribution is -2.45. The zero-order chi connectivity index (χ0) is 17.1. The van der Waals surface area contributed by atoms with Crippen LogP contribution in [0.4, 0.5) is 11.4 Å². The first-order chi connectivity index (χ1) is 11.5. The Hall–Kier alpha value is -1.98. The second-order valence-corrected chi connectivity index (χ2v) is 7.33. The molecule has 0 saturated carbocycles. The number of hydrogen-bond acceptors (Lipinski definition) is 3. The van der Waals surface area contributed by atoms with Crippen LogP contribution in [0, 0.1) is 0 Å². The van der Waals surface area contributed by atoms with E-state index in [4.69, 9.17) is 11.6 Å². The fraction of sp³-hybridized carbons (Fsp3) is 0.222. The monoisotopic (exact) mass is 360 g/mol. The molecule has 2 aromatic rings. The molecule has 2 amide bonds. The van der Waals surface area contributed by atoms with Crippen LogP contribution in [0.25, 0.3) is 0 Å². The molecule has 1 aliphatic heterocycles. The lowest BCUT2D eigenvalue weighted by molar-refractivity contribution is -0.121. The maximum atomic E-state index is 12.8. The van der Waals surface area contributed by atoms with E-state index in [1.807, 2.05) is 49.4 Å². The van der Waals surface area contributed by atoms with E-state index in [0.29, 0.717) is 16.5 Å². The van der Waals surface area contributed by atoms with Gasteiger partial charge in [-0.25, -0.2) is 0 Å². The summed E-state index contributed by atoms with van der Waals surface area (Å²) in [7, 11) is 0. The number of carbonyl (C=O) groups is 2. The van der Waals surface area contributed by atoms with Crippen LogP contribution in [0.2, 0.25) is 5.02 Å². The van der Waals surface area contributed by atoms with Crippen LogP contribution in [-0.4, -0.2) is 23.6 Å². The van der Waals surface area contributed by atoms with Crippen LogP contribution in [-0.2, 0) is 15.3 Å². The molecule has 24 heavy (non-hydrogen) atoms. The number of nitrogens with one attached hydrogen (secondary N) is 1. The van der Waals surface area contributed by atoms with Crippen molar-refractivity contribution in [2.24, 2.45) is 0 Å². The summed E-state index contributed by atoms with van der Waals surface area (Å²) in [6.07, 6.45) is 0. The van der Waals surface area contributed by atoms with Gasteiger partial charge in [0, 0.05) is 10.8 Å². The summed E-state index contributed by atoms with van der Waals surface area (Å²) in [5.41, 5.74) is 2.54. The summed E-state index contributed by atoms with van der Waals surface area (Å²) >= 11 is 7.43. The minimum Gasteiger partial charge on any atom is -0.323 e. The van der Waals surface area contributed by atoms with Crippen LogP contribution in [0.1, 0.15) is 12.5 Å². The van der Waals surface area contributed by atoms with Gasteiger partial charge in [-0.1, -0.05) is 35.9 Å². The van der Waals surface area contributed by atoms with Gasteiger partial charge in [-0.15, -0.1) is 11.8 Å². The number of hydrogen-bond donors (Lipinski definition) is 1. The summed E-state index contributed by atoms with van der Waals surface area (Å²) in [5.74, 6) is 0.486. The minimum atomic E-state index is -0.250. The topological polar surface area (TPSA) is 49.4 Å². The van der Waals surface area contributed by atoms with Crippen LogP contribution in [0.3, 0.4) is 0 Å². The largest absolute Gasteiger partial charge is 0.323 e. The van der Waals surface area contributed by atoms with E-state index < -0.39 is 0 Å². The van der Waals surface area contributed by atoms with Gasteiger partial charge in [-0.2, -0.15) is 0 Å². The van der Waals surface area contributed by atoms with Crippen molar-refractivity contribution >= 4 is 46.6 Å². The number of anilines is 2. The predicted octanol–water partition coefficient (Wildman–Crippen LogP) is 3.95. The molecule has 0 radical (unpaired) electrons. The Bertz CT molecular complexity index is 764. The van der Waals surface area contributed by atoms with Crippen LogP contribution in [0.5, 0.6) is 0 Å². The highest BCUT2D eigenvalue weighted by atomic mass is 35.5. The first-order valence-electron chi connectivity index (χ1n) is 7.61. The molecule has 0 unspecified atom stereocenters. The Labute approximate surface area is 150 Å². The van der Waals surface area contributed by atoms with Crippen molar-refractivity contribution in [2.75, 3.05) is 16.8 Å². The Balaban J connectivity index is 1.69. The van der Waals surface area contributed by atoms with E-state index in [2.05, 4.69) is 5.32 Å². The summed E-state index contributed by atoms with van der Waals surface area (Å²) in [6, 6.07) is 15.0. The average molecular weight is 361 g/mol. The van der Waals surface area contributed by atoms with E-state index in [1.54, 1.807) is 22.7 Å². The van der Waals surface area contributed by atoms with Crippen LogP contribution >= 0.6 is 23.4 Å². The third-order valence-corrected chi connectivity index (χ3v) is 5.25. The average Bonchev–Trinajstić information content (AvgIpc) is 2.59. The Morgan fingerprint density at radius 1 is 1.25 bits per heavy atom. The molecular weight excluding hydrogens is 344 g/mol. The predicted molar refractivity (Wildman–Crippen MR) is 99.6 cm³/mol. The van der Waals surface area contributed by atoms with Gasteiger partial charge in [0.25, 0.3) is 0 Å². The third-order valence-electron chi connectivity index (χ3n) is 3.80. The lowest BCUT2D eigenvalue weighted by atomic mass is 10.2. The second-order valence-electron chi connectivity index (χ2n) is 5.57. The van der Waals surface area contributed by atoms with Crippen molar-refractivity contribution in [1.29, 1.82) is 0 Å². The first-order valence-corrected chi connectivity index (χ1v) is 9.03. The van der Waals surface area contributed by atoms with Crippen molar-refractivity contribution in [3.8, 4) is 0 Å². The van der Waals surface area contributed by atoms with Crippen molar-refractivity contribution in [1.82, 2.24) is 0 Å². The standard InChI is InChI=1S/C18H17ClN2O2S/c1-12(24-11-13-6-8-14(19)9-7-13)18(23)21-10-17(22)20-15-4-2-3-5-16(15)21/h2-9,12H,10-11H2,1H3,(H,20,22)/t12-/m1/s1. The maximum absolute atomic E-state index is 12.8. The second kappa shape index (κ2) is 7.28. The molecule has 4 nitrogen and oxygen atoms in total. The molecule has 1 atom stereocenters. The van der Waals surface area contributed by atoms with E-state index in [-0.39, 0.29) is 23.6 Å². The fourth-order valence-corrected chi connectivity index (χ4v) is 3.55. The van der Waals surface area contributed by atoms with Gasteiger partial charge in [-0.05, 0) is 36.8 Å². The molecule has 1 N–H and O–H groups in total. The number of halogens is 1. The summed E-state index contributed by atoms with van der Waals surface area (Å²) in [5, 5.41) is 3.24. The molecule has 124 valence electrons. The van der Waals surface area contributed by atoms with Crippen molar-refractivity contribution in [3.05, 3.63) is 59.1 Å². The van der Waals surface area contributed by atoms with Gasteiger partial charge in [0.15, 0.2) is 0 Å². The number of fused-ring (bicyclic) bond motifs is 1. The van der Waals surface area contributed by atoms with Crippen molar-refractivity contribution < 1.29 is 9.59 Å². The number of benzene rings is 2. The van der Waals surface area contributed by atoms with Gasteiger partial charge in [0.1, 0.15) is 6.54 Å². The molecular formula is C18H17ClN2O2S. The molecule has 0 spiro atoms. The molecule has 6 heteroatoms. The Kier molecular flexibility index (Phi) is 5.11. The maximum Gasteiger partial charge on any atom is 0.244 e. The molecule has 0 bridgehead atoms. The molecule has 0 saturated heterocycles. The van der Waals surface area contributed by atoms with Crippen molar-refractivity contribution in [3.63, 3.8) is 0 Å². The van der Waals surface area contributed by atoms with Gasteiger partial charge >= 0.3 is 0 Å².